The van der Waals surface area contributed by atoms with Gasteiger partial charge in [0.15, 0.2) is 0 Å². The third-order valence-corrected chi connectivity index (χ3v) is 2.94. The molecule has 6 heteroatoms. The molecular formula is C16H18O6. The first-order valence-electron chi connectivity index (χ1n) is 6.90. The van der Waals surface area contributed by atoms with E-state index in [2.05, 4.69) is 9.15 Å². The average molecular weight is 306 g/mol. The fraction of sp³-hybridized carbons (Fsp3) is 0.375. The number of rotatable bonds is 5. The third kappa shape index (κ3) is 3.39. The Balaban J connectivity index is 2.10. The van der Waals surface area contributed by atoms with Gasteiger partial charge in [0.05, 0.1) is 6.10 Å². The molecule has 0 amide bonds. The lowest BCUT2D eigenvalue weighted by Crippen LogP contribution is -2.27. The van der Waals surface area contributed by atoms with Crippen LogP contribution in [0.25, 0.3) is 0 Å². The van der Waals surface area contributed by atoms with Crippen molar-refractivity contribution in [3.05, 3.63) is 47.4 Å². The summed E-state index contributed by atoms with van der Waals surface area (Å²) in [5, 5.41) is 0. The van der Waals surface area contributed by atoms with Crippen molar-refractivity contribution in [3.8, 4) is 0 Å². The number of hydrogen-bond donors (Lipinski definition) is 0. The zero-order valence-corrected chi connectivity index (χ0v) is 12.9. The van der Waals surface area contributed by atoms with E-state index in [1.807, 2.05) is 30.3 Å². The maximum atomic E-state index is 12.1. The first-order chi connectivity index (χ1) is 10.3. The molecule has 2 rings (SSSR count). The van der Waals surface area contributed by atoms with Crippen molar-refractivity contribution in [1.82, 2.24) is 0 Å². The van der Waals surface area contributed by atoms with Crippen molar-refractivity contribution >= 4 is 11.9 Å². The van der Waals surface area contributed by atoms with Crippen molar-refractivity contribution in [3.63, 3.8) is 0 Å². The maximum absolute atomic E-state index is 12.1. The van der Waals surface area contributed by atoms with E-state index in [4.69, 9.17) is 9.47 Å². The van der Waals surface area contributed by atoms with Crippen LogP contribution in [0, 0.1) is 0 Å². The van der Waals surface area contributed by atoms with Gasteiger partial charge < -0.3 is 9.47 Å². The van der Waals surface area contributed by atoms with Crippen LogP contribution in [0.15, 0.2) is 39.5 Å². The largest absolute Gasteiger partial charge is 0.457 e. The van der Waals surface area contributed by atoms with Gasteiger partial charge in [0.1, 0.15) is 5.60 Å². The topological polar surface area (TPSA) is 78.9 Å². The summed E-state index contributed by atoms with van der Waals surface area (Å²) in [6, 6.07) is 9.24. The Bertz CT molecular complexity index is 647. The SMILES string of the molecule is CC(C)OC(=O)c1ooc1C(=O)OC(C)(C)c1ccccc1. The summed E-state index contributed by atoms with van der Waals surface area (Å²) in [5.41, 5.74) is -0.0623. The van der Waals surface area contributed by atoms with Gasteiger partial charge in [-0.3, -0.25) is 9.15 Å². The maximum Gasteiger partial charge on any atom is 0.384 e. The van der Waals surface area contributed by atoms with E-state index in [9.17, 15) is 9.59 Å². The summed E-state index contributed by atoms with van der Waals surface area (Å²) < 4.78 is 19.5. The van der Waals surface area contributed by atoms with Crippen molar-refractivity contribution in [2.75, 3.05) is 0 Å². The summed E-state index contributed by atoms with van der Waals surface area (Å²) in [7, 11) is 0. The molecular weight excluding hydrogens is 288 g/mol. The molecule has 0 bridgehead atoms. The zero-order chi connectivity index (χ0) is 16.3. The fourth-order valence-electron chi connectivity index (χ4n) is 1.82. The number of carbonyl (C=O) groups excluding carboxylic acids is 2. The van der Waals surface area contributed by atoms with Gasteiger partial charge in [0.2, 0.25) is 0 Å². The molecule has 1 aromatic heterocycles. The van der Waals surface area contributed by atoms with Gasteiger partial charge in [-0.1, -0.05) is 30.3 Å². The predicted molar refractivity (Wildman–Crippen MR) is 76.4 cm³/mol. The van der Waals surface area contributed by atoms with Crippen molar-refractivity contribution in [2.24, 2.45) is 0 Å². The highest BCUT2D eigenvalue weighted by atomic mass is 17.0. The van der Waals surface area contributed by atoms with Crippen LogP contribution in [0.3, 0.4) is 0 Å². The van der Waals surface area contributed by atoms with Gasteiger partial charge in [0, 0.05) is 0 Å². The smallest absolute Gasteiger partial charge is 0.384 e. The molecule has 0 aliphatic rings. The van der Waals surface area contributed by atoms with Gasteiger partial charge in [0.25, 0.3) is 0 Å². The molecule has 0 radical (unpaired) electrons. The fourth-order valence-corrected chi connectivity index (χ4v) is 1.82. The molecule has 0 unspecified atom stereocenters. The summed E-state index contributed by atoms with van der Waals surface area (Å²) in [5.74, 6) is -2.10. The van der Waals surface area contributed by atoms with Gasteiger partial charge in [-0.15, -0.1) is 0 Å². The molecule has 6 nitrogen and oxygen atoms in total. The third-order valence-electron chi connectivity index (χ3n) is 2.94. The first-order valence-corrected chi connectivity index (χ1v) is 6.90. The Morgan fingerprint density at radius 2 is 1.55 bits per heavy atom. The molecule has 0 aliphatic heterocycles. The Labute approximate surface area is 127 Å². The highest BCUT2D eigenvalue weighted by Gasteiger charge is 2.36. The molecule has 0 fully saturated rings. The molecule has 0 aliphatic carbocycles. The minimum absolute atomic E-state index is 0.275. The second-order valence-electron chi connectivity index (χ2n) is 5.54. The van der Waals surface area contributed by atoms with Gasteiger partial charge in [-0.2, -0.15) is 0 Å². The Morgan fingerprint density at radius 1 is 1.00 bits per heavy atom. The molecule has 0 atom stereocenters. The van der Waals surface area contributed by atoms with Gasteiger partial charge in [-0.05, 0) is 33.3 Å². The Kier molecular flexibility index (Phi) is 4.40. The van der Waals surface area contributed by atoms with Crippen molar-refractivity contribution < 1.29 is 28.2 Å². The first kappa shape index (κ1) is 15.9. The summed E-state index contributed by atoms with van der Waals surface area (Å²) in [6.07, 6.45) is -0.331. The Hall–Kier alpha value is -2.50. The molecule has 1 aromatic carbocycles. The van der Waals surface area contributed by atoms with E-state index in [0.29, 0.717) is 0 Å². The zero-order valence-electron chi connectivity index (χ0n) is 12.9. The van der Waals surface area contributed by atoms with E-state index in [-0.39, 0.29) is 17.6 Å². The van der Waals surface area contributed by atoms with Gasteiger partial charge in [-0.25, -0.2) is 9.59 Å². The second-order valence-corrected chi connectivity index (χ2v) is 5.54. The van der Waals surface area contributed by atoms with Crippen LogP contribution in [-0.4, -0.2) is 18.0 Å². The molecule has 0 saturated carbocycles. The molecule has 0 spiro atoms. The van der Waals surface area contributed by atoms with Crippen LogP contribution in [0.1, 0.15) is 54.4 Å². The normalized spacial score (nSPS) is 11.5. The minimum atomic E-state index is -0.878. The van der Waals surface area contributed by atoms with E-state index < -0.39 is 17.5 Å². The lowest BCUT2D eigenvalue weighted by atomic mass is 9.98. The predicted octanol–water partition coefficient (Wildman–Crippen LogP) is 3.53. The number of benzene rings is 1. The van der Waals surface area contributed by atoms with Crippen LogP contribution < -0.4 is 0 Å². The Morgan fingerprint density at radius 3 is 2.05 bits per heavy atom. The molecule has 0 N–H and O–H groups in total. The second kappa shape index (κ2) is 6.09. The van der Waals surface area contributed by atoms with E-state index in [0.717, 1.165) is 5.56 Å². The average Bonchev–Trinajstić information content (AvgIpc) is 2.36. The lowest BCUT2D eigenvalue weighted by Gasteiger charge is -2.25. The lowest BCUT2D eigenvalue weighted by molar-refractivity contribution is -0.0587. The quantitative estimate of drug-likeness (QED) is 0.621. The van der Waals surface area contributed by atoms with E-state index in [1.54, 1.807) is 27.7 Å². The number of ether oxygens (including phenoxy) is 2. The summed E-state index contributed by atoms with van der Waals surface area (Å²) >= 11 is 0. The van der Waals surface area contributed by atoms with E-state index >= 15 is 0 Å². The van der Waals surface area contributed by atoms with Crippen molar-refractivity contribution in [2.45, 2.75) is 39.4 Å². The molecule has 22 heavy (non-hydrogen) atoms. The highest BCUT2D eigenvalue weighted by Crippen LogP contribution is 2.27. The van der Waals surface area contributed by atoms with Crippen LogP contribution in [0.4, 0.5) is 0 Å². The van der Waals surface area contributed by atoms with Crippen LogP contribution in [0.2, 0.25) is 0 Å². The molecule has 118 valence electrons. The van der Waals surface area contributed by atoms with Crippen molar-refractivity contribution in [1.29, 1.82) is 0 Å². The van der Waals surface area contributed by atoms with Crippen LogP contribution >= 0.6 is 0 Å². The summed E-state index contributed by atoms with van der Waals surface area (Å²) in [6.45, 7) is 6.86. The number of carbonyl (C=O) groups is 2. The van der Waals surface area contributed by atoms with E-state index in [1.165, 1.54) is 0 Å². The van der Waals surface area contributed by atoms with Crippen LogP contribution in [0.5, 0.6) is 0 Å². The number of esters is 2. The minimum Gasteiger partial charge on any atom is -0.457 e. The number of hydrogen-bond acceptors (Lipinski definition) is 6. The molecule has 2 aromatic rings. The molecule has 1 heterocycles. The standard InChI is InChI=1S/C16H18O6/c1-10(2)19-14(17)12-13(22-21-12)15(18)20-16(3,4)11-8-6-5-7-9-11/h5-10H,1-4H3. The van der Waals surface area contributed by atoms with Crippen LogP contribution in [-0.2, 0) is 15.1 Å². The highest BCUT2D eigenvalue weighted by molar-refractivity contribution is 5.99. The molecule has 0 saturated heterocycles. The monoisotopic (exact) mass is 306 g/mol. The summed E-state index contributed by atoms with van der Waals surface area (Å²) in [4.78, 5) is 23.8. The van der Waals surface area contributed by atoms with Gasteiger partial charge >= 0.3 is 23.5 Å².